The van der Waals surface area contributed by atoms with Gasteiger partial charge in [0.15, 0.2) is 0 Å². The maximum absolute atomic E-state index is 12.7. The molecule has 3 rings (SSSR count). The van der Waals surface area contributed by atoms with Crippen LogP contribution in [0.15, 0.2) is 41.6 Å². The molecule has 24 heavy (non-hydrogen) atoms. The lowest BCUT2D eigenvalue weighted by Crippen LogP contribution is -2.48. The molecule has 0 unspecified atom stereocenters. The van der Waals surface area contributed by atoms with Crippen LogP contribution in [0.25, 0.3) is 0 Å². The van der Waals surface area contributed by atoms with E-state index in [0.717, 1.165) is 11.4 Å². The Kier molecular flexibility index (Phi) is 4.77. The lowest BCUT2D eigenvalue weighted by Gasteiger charge is -2.35. The number of aryl methyl sites for hydroxylation is 1. The van der Waals surface area contributed by atoms with Gasteiger partial charge in [0.2, 0.25) is 10.0 Å². The van der Waals surface area contributed by atoms with Gasteiger partial charge < -0.3 is 9.64 Å². The number of sulfonamides is 1. The monoisotopic (exact) mass is 350 g/mol. The molecular formula is C16H22N4O3S. The van der Waals surface area contributed by atoms with Crippen LogP contribution in [0.4, 0.5) is 5.69 Å². The van der Waals surface area contributed by atoms with Crippen LogP contribution < -0.4 is 9.64 Å². The third-order valence-corrected chi connectivity index (χ3v) is 6.10. The molecule has 0 N–H and O–H groups in total. The number of benzene rings is 1. The van der Waals surface area contributed by atoms with E-state index in [4.69, 9.17) is 4.74 Å². The zero-order valence-corrected chi connectivity index (χ0v) is 14.7. The van der Waals surface area contributed by atoms with Gasteiger partial charge >= 0.3 is 0 Å². The molecule has 0 atom stereocenters. The van der Waals surface area contributed by atoms with Crippen molar-refractivity contribution in [2.24, 2.45) is 0 Å². The minimum Gasteiger partial charge on any atom is -0.497 e. The highest BCUT2D eigenvalue weighted by Gasteiger charge is 2.29. The highest BCUT2D eigenvalue weighted by molar-refractivity contribution is 7.89. The number of ether oxygens (including phenoxy) is 1. The molecule has 130 valence electrons. The molecule has 0 bridgehead atoms. The van der Waals surface area contributed by atoms with Crippen molar-refractivity contribution >= 4 is 15.7 Å². The van der Waals surface area contributed by atoms with Gasteiger partial charge in [-0.05, 0) is 31.2 Å². The van der Waals surface area contributed by atoms with E-state index in [-0.39, 0.29) is 4.90 Å². The molecule has 2 heterocycles. The Hall–Kier alpha value is -2.06. The van der Waals surface area contributed by atoms with Gasteiger partial charge in [-0.1, -0.05) is 0 Å². The molecule has 0 saturated carbocycles. The van der Waals surface area contributed by atoms with E-state index >= 15 is 0 Å². The standard InChI is InChI=1S/C16H22N4O3S/c1-3-19-13-16(12-17-19)24(21,22)20-10-8-18(9-11-20)14-4-6-15(23-2)7-5-14/h4-7,12-13H,3,8-11H2,1-2H3. The van der Waals surface area contributed by atoms with Gasteiger partial charge in [-0.15, -0.1) is 0 Å². The Bertz CT molecular complexity index is 778. The van der Waals surface area contributed by atoms with Crippen LogP contribution in [0, 0.1) is 0 Å². The molecule has 0 spiro atoms. The van der Waals surface area contributed by atoms with Crippen molar-refractivity contribution < 1.29 is 13.2 Å². The number of rotatable bonds is 5. The first kappa shape index (κ1) is 16.8. The molecule has 1 aromatic heterocycles. The fourth-order valence-electron chi connectivity index (χ4n) is 2.78. The lowest BCUT2D eigenvalue weighted by atomic mass is 10.2. The number of hydrogen-bond donors (Lipinski definition) is 0. The Morgan fingerprint density at radius 1 is 1.12 bits per heavy atom. The maximum Gasteiger partial charge on any atom is 0.246 e. The number of anilines is 1. The summed E-state index contributed by atoms with van der Waals surface area (Å²) in [4.78, 5) is 2.45. The third-order valence-electron chi connectivity index (χ3n) is 4.25. The summed E-state index contributed by atoms with van der Waals surface area (Å²) in [6.07, 6.45) is 3.01. The van der Waals surface area contributed by atoms with Gasteiger partial charge in [-0.3, -0.25) is 4.68 Å². The topological polar surface area (TPSA) is 67.7 Å². The zero-order valence-electron chi connectivity index (χ0n) is 13.9. The SMILES string of the molecule is CCn1cc(S(=O)(=O)N2CCN(c3ccc(OC)cc3)CC2)cn1. The average Bonchev–Trinajstić information content (AvgIpc) is 3.12. The van der Waals surface area contributed by atoms with E-state index in [1.807, 2.05) is 31.2 Å². The van der Waals surface area contributed by atoms with Gasteiger partial charge in [0.05, 0.1) is 13.3 Å². The molecule has 7 nitrogen and oxygen atoms in total. The zero-order chi connectivity index (χ0) is 17.2. The Morgan fingerprint density at radius 3 is 2.33 bits per heavy atom. The van der Waals surface area contributed by atoms with Crippen LogP contribution in [0.1, 0.15) is 6.92 Å². The molecule has 0 radical (unpaired) electrons. The number of aromatic nitrogens is 2. The first-order valence-corrected chi connectivity index (χ1v) is 9.40. The van der Waals surface area contributed by atoms with E-state index < -0.39 is 10.0 Å². The second kappa shape index (κ2) is 6.82. The number of nitrogens with zero attached hydrogens (tertiary/aromatic N) is 4. The Labute approximate surface area is 142 Å². The summed E-state index contributed by atoms with van der Waals surface area (Å²) >= 11 is 0. The molecule has 0 aliphatic carbocycles. The van der Waals surface area contributed by atoms with Crippen molar-refractivity contribution in [2.75, 3.05) is 38.2 Å². The predicted octanol–water partition coefficient (Wildman–Crippen LogP) is 1.42. The summed E-state index contributed by atoms with van der Waals surface area (Å²) in [5, 5.41) is 4.06. The van der Waals surface area contributed by atoms with Crippen LogP contribution in [0.3, 0.4) is 0 Å². The van der Waals surface area contributed by atoms with Crippen molar-refractivity contribution in [1.29, 1.82) is 0 Å². The predicted molar refractivity (Wildman–Crippen MR) is 91.9 cm³/mol. The van der Waals surface area contributed by atoms with Crippen LogP contribution in [-0.2, 0) is 16.6 Å². The van der Waals surface area contributed by atoms with Crippen LogP contribution >= 0.6 is 0 Å². The molecular weight excluding hydrogens is 328 g/mol. The summed E-state index contributed by atoms with van der Waals surface area (Å²) in [6.45, 7) is 4.83. The maximum atomic E-state index is 12.7. The molecule has 1 saturated heterocycles. The fourth-order valence-corrected chi connectivity index (χ4v) is 4.16. The molecule has 0 amide bonds. The van der Waals surface area contributed by atoms with Crippen molar-refractivity contribution in [3.63, 3.8) is 0 Å². The summed E-state index contributed by atoms with van der Waals surface area (Å²) in [5.74, 6) is 0.813. The Balaban J connectivity index is 1.67. The highest BCUT2D eigenvalue weighted by Crippen LogP contribution is 2.23. The van der Waals surface area contributed by atoms with Crippen molar-refractivity contribution in [2.45, 2.75) is 18.4 Å². The van der Waals surface area contributed by atoms with E-state index in [1.165, 1.54) is 10.5 Å². The van der Waals surface area contributed by atoms with E-state index in [2.05, 4.69) is 10.00 Å². The largest absolute Gasteiger partial charge is 0.497 e. The summed E-state index contributed by atoms with van der Waals surface area (Å²) < 4.78 is 33.7. The van der Waals surface area contributed by atoms with E-state index in [1.54, 1.807) is 18.0 Å². The average molecular weight is 350 g/mol. The van der Waals surface area contributed by atoms with Crippen molar-refractivity contribution in [3.05, 3.63) is 36.7 Å². The first-order chi connectivity index (χ1) is 11.5. The van der Waals surface area contributed by atoms with E-state index in [0.29, 0.717) is 32.7 Å². The summed E-state index contributed by atoms with van der Waals surface area (Å²) in [6, 6.07) is 7.82. The molecule has 1 aromatic carbocycles. The molecule has 1 aliphatic heterocycles. The second-order valence-corrected chi connectivity index (χ2v) is 7.56. The van der Waals surface area contributed by atoms with Crippen molar-refractivity contribution in [3.8, 4) is 5.75 Å². The molecule has 2 aromatic rings. The summed E-state index contributed by atoms with van der Waals surface area (Å²) in [7, 11) is -1.83. The quantitative estimate of drug-likeness (QED) is 0.816. The molecule has 8 heteroatoms. The fraction of sp³-hybridized carbons (Fsp3) is 0.438. The number of piperazine rings is 1. The first-order valence-electron chi connectivity index (χ1n) is 7.96. The lowest BCUT2D eigenvalue weighted by molar-refractivity contribution is 0.384. The van der Waals surface area contributed by atoms with Gasteiger partial charge in [0.1, 0.15) is 10.6 Å². The minimum absolute atomic E-state index is 0.266. The summed E-state index contributed by atoms with van der Waals surface area (Å²) in [5.41, 5.74) is 1.08. The number of hydrogen-bond acceptors (Lipinski definition) is 5. The second-order valence-electron chi connectivity index (χ2n) is 5.62. The van der Waals surface area contributed by atoms with Crippen LogP contribution in [0.5, 0.6) is 5.75 Å². The minimum atomic E-state index is -3.46. The number of methoxy groups -OCH3 is 1. The molecule has 1 aliphatic rings. The van der Waals surface area contributed by atoms with Crippen molar-refractivity contribution in [1.82, 2.24) is 14.1 Å². The van der Waals surface area contributed by atoms with Crippen LogP contribution in [0.2, 0.25) is 0 Å². The van der Waals surface area contributed by atoms with E-state index in [9.17, 15) is 8.42 Å². The Morgan fingerprint density at radius 2 is 1.79 bits per heavy atom. The van der Waals surface area contributed by atoms with Crippen LogP contribution in [-0.4, -0.2) is 55.8 Å². The normalized spacial score (nSPS) is 16.3. The third kappa shape index (κ3) is 3.25. The van der Waals surface area contributed by atoms with Gasteiger partial charge in [0, 0.05) is 44.6 Å². The van der Waals surface area contributed by atoms with Gasteiger partial charge in [0.25, 0.3) is 0 Å². The van der Waals surface area contributed by atoms with Gasteiger partial charge in [-0.25, -0.2) is 8.42 Å². The van der Waals surface area contributed by atoms with Gasteiger partial charge in [-0.2, -0.15) is 9.40 Å². The molecule has 1 fully saturated rings. The smallest absolute Gasteiger partial charge is 0.246 e. The highest BCUT2D eigenvalue weighted by atomic mass is 32.2.